The summed E-state index contributed by atoms with van der Waals surface area (Å²) in [4.78, 5) is 33.6. The molecule has 0 aliphatic carbocycles. The van der Waals surface area contributed by atoms with E-state index >= 15 is 0 Å². The molecule has 4 aromatic rings. The third-order valence-electron chi connectivity index (χ3n) is 4.29. The Morgan fingerprint density at radius 1 is 1.00 bits per heavy atom. The topological polar surface area (TPSA) is 90.9 Å². The molecule has 0 saturated carbocycles. The van der Waals surface area contributed by atoms with E-state index in [9.17, 15) is 9.59 Å². The molecule has 1 amide bonds. The quantitative estimate of drug-likeness (QED) is 0.608. The van der Waals surface area contributed by atoms with Crippen molar-refractivity contribution in [1.82, 2.24) is 14.5 Å². The molecule has 6 nitrogen and oxygen atoms in total. The van der Waals surface area contributed by atoms with Gasteiger partial charge in [0, 0.05) is 18.2 Å². The number of aromatic nitrogens is 3. The second kappa shape index (κ2) is 6.84. The standard InChI is InChI=1S/C21H16N4O2/c22-19(26)15-8-4-9-16(13-15)25-20-17(10-5-11-23-20)24-18(21(25)27)12-14-6-2-1-3-7-14/h1-11,13H,12H2,(H2,22,26). The zero-order chi connectivity index (χ0) is 18.8. The minimum atomic E-state index is -0.555. The molecule has 4 rings (SSSR count). The number of carbonyl (C=O) groups is 1. The van der Waals surface area contributed by atoms with Crippen LogP contribution < -0.4 is 11.3 Å². The molecular weight excluding hydrogens is 340 g/mol. The molecule has 0 atom stereocenters. The van der Waals surface area contributed by atoms with Crippen molar-refractivity contribution < 1.29 is 4.79 Å². The molecule has 27 heavy (non-hydrogen) atoms. The third-order valence-corrected chi connectivity index (χ3v) is 4.29. The number of hydrogen-bond acceptors (Lipinski definition) is 4. The van der Waals surface area contributed by atoms with Crippen molar-refractivity contribution in [1.29, 1.82) is 0 Å². The maximum Gasteiger partial charge on any atom is 0.278 e. The molecule has 0 saturated heterocycles. The highest BCUT2D eigenvalue weighted by Crippen LogP contribution is 2.16. The molecule has 0 spiro atoms. The van der Waals surface area contributed by atoms with Crippen molar-refractivity contribution in [3.8, 4) is 5.69 Å². The highest BCUT2D eigenvalue weighted by molar-refractivity contribution is 5.93. The normalized spacial score (nSPS) is 10.8. The molecule has 0 aliphatic rings. The fourth-order valence-electron chi connectivity index (χ4n) is 3.01. The van der Waals surface area contributed by atoms with Gasteiger partial charge in [0.15, 0.2) is 5.65 Å². The van der Waals surface area contributed by atoms with E-state index in [1.54, 1.807) is 36.5 Å². The summed E-state index contributed by atoms with van der Waals surface area (Å²) < 4.78 is 1.48. The van der Waals surface area contributed by atoms with E-state index in [1.165, 1.54) is 4.57 Å². The summed E-state index contributed by atoms with van der Waals surface area (Å²) in [7, 11) is 0. The van der Waals surface area contributed by atoms with Gasteiger partial charge in [0.25, 0.3) is 5.56 Å². The SMILES string of the molecule is NC(=O)c1cccc(-n2c(=O)c(Cc3ccccc3)nc3cccnc32)c1. The highest BCUT2D eigenvalue weighted by atomic mass is 16.1. The summed E-state index contributed by atoms with van der Waals surface area (Å²) in [5, 5.41) is 0. The van der Waals surface area contributed by atoms with Crippen LogP contribution in [-0.2, 0) is 6.42 Å². The Kier molecular flexibility index (Phi) is 4.22. The summed E-state index contributed by atoms with van der Waals surface area (Å²) in [6.45, 7) is 0. The fraction of sp³-hybridized carbons (Fsp3) is 0.0476. The van der Waals surface area contributed by atoms with Crippen molar-refractivity contribution in [3.63, 3.8) is 0 Å². The summed E-state index contributed by atoms with van der Waals surface area (Å²) in [6.07, 6.45) is 2.01. The van der Waals surface area contributed by atoms with Gasteiger partial charge in [0.05, 0.1) is 5.69 Å². The van der Waals surface area contributed by atoms with Gasteiger partial charge in [-0.2, -0.15) is 0 Å². The third kappa shape index (κ3) is 3.20. The number of carbonyl (C=O) groups excluding carboxylic acids is 1. The number of hydrogen-bond donors (Lipinski definition) is 1. The minimum Gasteiger partial charge on any atom is -0.366 e. The average molecular weight is 356 g/mol. The smallest absolute Gasteiger partial charge is 0.278 e. The van der Waals surface area contributed by atoms with Gasteiger partial charge < -0.3 is 5.73 Å². The van der Waals surface area contributed by atoms with Crippen LogP contribution in [0.25, 0.3) is 16.9 Å². The lowest BCUT2D eigenvalue weighted by Crippen LogP contribution is -2.25. The Hall–Kier alpha value is -3.80. The molecule has 0 radical (unpaired) electrons. The number of fused-ring (bicyclic) bond motifs is 1. The molecule has 2 heterocycles. The molecular formula is C21H16N4O2. The zero-order valence-corrected chi connectivity index (χ0v) is 14.4. The summed E-state index contributed by atoms with van der Waals surface area (Å²) in [5.41, 5.74) is 8.40. The van der Waals surface area contributed by atoms with Gasteiger partial charge in [-0.25, -0.2) is 9.97 Å². The number of pyridine rings is 1. The fourth-order valence-corrected chi connectivity index (χ4v) is 3.01. The van der Waals surface area contributed by atoms with Crippen LogP contribution in [0.5, 0.6) is 0 Å². The van der Waals surface area contributed by atoms with E-state index in [-0.39, 0.29) is 5.56 Å². The largest absolute Gasteiger partial charge is 0.366 e. The van der Waals surface area contributed by atoms with Gasteiger partial charge >= 0.3 is 0 Å². The van der Waals surface area contributed by atoms with Crippen LogP contribution in [0.2, 0.25) is 0 Å². The van der Waals surface area contributed by atoms with Crippen LogP contribution in [0.15, 0.2) is 77.7 Å². The molecule has 0 fully saturated rings. The van der Waals surface area contributed by atoms with Gasteiger partial charge in [-0.05, 0) is 35.9 Å². The second-order valence-electron chi connectivity index (χ2n) is 6.12. The Balaban J connectivity index is 1.96. The Labute approximate surface area is 154 Å². The van der Waals surface area contributed by atoms with E-state index in [4.69, 9.17) is 5.73 Å². The van der Waals surface area contributed by atoms with Crippen LogP contribution in [-0.4, -0.2) is 20.4 Å². The van der Waals surface area contributed by atoms with E-state index in [0.717, 1.165) is 5.56 Å². The lowest BCUT2D eigenvalue weighted by Gasteiger charge is -2.12. The van der Waals surface area contributed by atoms with Gasteiger partial charge in [-0.3, -0.25) is 14.2 Å². The van der Waals surface area contributed by atoms with Gasteiger partial charge in [-0.15, -0.1) is 0 Å². The Morgan fingerprint density at radius 3 is 2.59 bits per heavy atom. The minimum absolute atomic E-state index is 0.272. The first-order valence-electron chi connectivity index (χ1n) is 8.44. The number of nitrogens with two attached hydrogens (primary N) is 1. The summed E-state index contributed by atoms with van der Waals surface area (Å²) >= 11 is 0. The molecule has 2 N–H and O–H groups in total. The van der Waals surface area contributed by atoms with Crippen LogP contribution in [0, 0.1) is 0 Å². The molecule has 0 unspecified atom stereocenters. The number of benzene rings is 2. The van der Waals surface area contributed by atoms with E-state index in [2.05, 4.69) is 9.97 Å². The monoisotopic (exact) mass is 356 g/mol. The predicted molar refractivity (Wildman–Crippen MR) is 103 cm³/mol. The molecule has 2 aromatic heterocycles. The van der Waals surface area contributed by atoms with Gasteiger partial charge in [0.2, 0.25) is 5.91 Å². The number of primary amides is 1. The molecule has 0 aliphatic heterocycles. The van der Waals surface area contributed by atoms with Crippen LogP contribution >= 0.6 is 0 Å². The zero-order valence-electron chi connectivity index (χ0n) is 14.4. The first-order chi connectivity index (χ1) is 13.1. The number of amides is 1. The maximum atomic E-state index is 13.2. The Morgan fingerprint density at radius 2 is 1.81 bits per heavy atom. The maximum absolute atomic E-state index is 13.2. The van der Waals surface area contributed by atoms with Crippen molar-refractivity contribution in [2.75, 3.05) is 0 Å². The van der Waals surface area contributed by atoms with E-state index < -0.39 is 5.91 Å². The lowest BCUT2D eigenvalue weighted by atomic mass is 10.1. The van der Waals surface area contributed by atoms with Gasteiger partial charge in [0.1, 0.15) is 11.2 Å². The van der Waals surface area contributed by atoms with Crippen LogP contribution in [0.3, 0.4) is 0 Å². The summed E-state index contributed by atoms with van der Waals surface area (Å²) in [6, 6.07) is 19.9. The van der Waals surface area contributed by atoms with Crippen molar-refractivity contribution in [2.45, 2.75) is 6.42 Å². The van der Waals surface area contributed by atoms with Crippen LogP contribution in [0.1, 0.15) is 21.6 Å². The molecule has 2 aromatic carbocycles. The molecule has 0 bridgehead atoms. The van der Waals surface area contributed by atoms with Crippen molar-refractivity contribution in [2.24, 2.45) is 5.73 Å². The first kappa shape index (κ1) is 16.7. The summed E-state index contributed by atoms with van der Waals surface area (Å²) in [5.74, 6) is -0.555. The molecule has 6 heteroatoms. The predicted octanol–water partition coefficient (Wildman–Crippen LogP) is 2.47. The average Bonchev–Trinajstić information content (AvgIpc) is 2.69. The van der Waals surface area contributed by atoms with Crippen molar-refractivity contribution >= 4 is 17.1 Å². The van der Waals surface area contributed by atoms with E-state index in [0.29, 0.717) is 34.5 Å². The van der Waals surface area contributed by atoms with Gasteiger partial charge in [-0.1, -0.05) is 36.4 Å². The van der Waals surface area contributed by atoms with E-state index in [1.807, 2.05) is 36.4 Å². The Bertz CT molecular complexity index is 1200. The lowest BCUT2D eigenvalue weighted by molar-refractivity contribution is 0.100. The van der Waals surface area contributed by atoms with Crippen molar-refractivity contribution in [3.05, 3.63) is 100 Å². The number of rotatable bonds is 4. The van der Waals surface area contributed by atoms with Crippen LogP contribution in [0.4, 0.5) is 0 Å². The molecule has 132 valence electrons. The first-order valence-corrected chi connectivity index (χ1v) is 8.44. The highest BCUT2D eigenvalue weighted by Gasteiger charge is 2.15. The number of nitrogens with zero attached hydrogens (tertiary/aromatic N) is 3. The second-order valence-corrected chi connectivity index (χ2v) is 6.12.